The van der Waals surface area contributed by atoms with E-state index in [-0.39, 0.29) is 24.5 Å². The van der Waals surface area contributed by atoms with E-state index in [1.165, 1.54) is 6.92 Å². The lowest BCUT2D eigenvalue weighted by atomic mass is 9.70. The van der Waals surface area contributed by atoms with Gasteiger partial charge in [0.15, 0.2) is 15.5 Å². The van der Waals surface area contributed by atoms with E-state index in [9.17, 15) is 27.9 Å². The molecule has 0 spiro atoms. The Morgan fingerprint density at radius 2 is 2.16 bits per heavy atom. The molecule has 0 aromatic carbocycles. The lowest BCUT2D eigenvalue weighted by Gasteiger charge is -2.29. The highest BCUT2D eigenvalue weighted by molar-refractivity contribution is 7.94. The first-order valence-corrected chi connectivity index (χ1v) is 9.24. The summed E-state index contributed by atoms with van der Waals surface area (Å²) in [7, 11) is -3.93. The number of ether oxygens (including phenoxy) is 1. The summed E-state index contributed by atoms with van der Waals surface area (Å²) in [6, 6.07) is 0. The van der Waals surface area contributed by atoms with Crippen molar-refractivity contribution >= 4 is 27.6 Å². The number of nitrogens with zero attached hydrogens (tertiary/aromatic N) is 3. The van der Waals surface area contributed by atoms with Crippen molar-refractivity contribution < 1.29 is 32.6 Å². The molecule has 1 N–H and O–H groups in total. The Hall–Kier alpha value is -2.30. The van der Waals surface area contributed by atoms with Crippen molar-refractivity contribution in [3.8, 4) is 0 Å². The van der Waals surface area contributed by atoms with Gasteiger partial charge >= 0.3 is 11.9 Å². The van der Waals surface area contributed by atoms with Crippen molar-refractivity contribution in [2.75, 3.05) is 6.61 Å². The molecule has 1 aromatic heterocycles. The van der Waals surface area contributed by atoms with E-state index < -0.39 is 50.2 Å². The van der Waals surface area contributed by atoms with Crippen molar-refractivity contribution in [2.45, 2.75) is 36.8 Å². The van der Waals surface area contributed by atoms with Crippen LogP contribution in [-0.4, -0.2) is 62.8 Å². The highest BCUT2D eigenvalue weighted by Crippen LogP contribution is 2.54. The van der Waals surface area contributed by atoms with E-state index in [1.54, 1.807) is 6.92 Å². The highest BCUT2D eigenvalue weighted by atomic mass is 32.2. The normalized spacial score (nSPS) is 32.7. The standard InChI is InChI=1S/C14H17N3O7S/c1-3-24-13(21)7-5-15-16-17(7)6-14(2)11(12(19)20)10-8(18)4-9(10)25(14,22)23/h5,9-11H,3-4,6H2,1-2H3,(H,19,20)/t9?,10?,11-,14-/m0/s1. The summed E-state index contributed by atoms with van der Waals surface area (Å²) in [5.41, 5.74) is -0.0759. The van der Waals surface area contributed by atoms with Gasteiger partial charge < -0.3 is 9.84 Å². The number of hydrogen-bond donors (Lipinski definition) is 1. The van der Waals surface area contributed by atoms with Gasteiger partial charge in [0, 0.05) is 12.3 Å². The van der Waals surface area contributed by atoms with E-state index in [2.05, 4.69) is 10.3 Å². The lowest BCUT2D eigenvalue weighted by Crippen LogP contribution is -2.47. The van der Waals surface area contributed by atoms with Gasteiger partial charge in [-0.3, -0.25) is 9.59 Å². The molecular formula is C14H17N3O7S. The third-order valence-electron chi connectivity index (χ3n) is 5.07. The summed E-state index contributed by atoms with van der Waals surface area (Å²) in [5, 5.41) is 15.8. The Labute approximate surface area is 143 Å². The number of carbonyl (C=O) groups is 3. The average molecular weight is 371 g/mol. The van der Waals surface area contributed by atoms with E-state index in [0.717, 1.165) is 10.9 Å². The van der Waals surface area contributed by atoms with Gasteiger partial charge in [-0.2, -0.15) is 0 Å². The molecule has 2 aliphatic rings. The van der Waals surface area contributed by atoms with Crippen molar-refractivity contribution in [3.63, 3.8) is 0 Å². The molecule has 2 heterocycles. The largest absolute Gasteiger partial charge is 0.481 e. The maximum Gasteiger partial charge on any atom is 0.358 e. The molecule has 0 radical (unpaired) electrons. The second-order valence-electron chi connectivity index (χ2n) is 6.41. The van der Waals surface area contributed by atoms with Gasteiger partial charge in [0.05, 0.1) is 30.5 Å². The second kappa shape index (κ2) is 5.61. The highest BCUT2D eigenvalue weighted by Gasteiger charge is 2.71. The smallest absolute Gasteiger partial charge is 0.358 e. The molecular weight excluding hydrogens is 354 g/mol. The Kier molecular flexibility index (Phi) is 3.93. The number of sulfone groups is 1. The average Bonchev–Trinajstić information content (AvgIpc) is 3.01. The van der Waals surface area contributed by atoms with Crippen LogP contribution in [0.25, 0.3) is 0 Å². The number of aromatic nitrogens is 3. The zero-order valence-corrected chi connectivity index (χ0v) is 14.4. The van der Waals surface area contributed by atoms with Crippen LogP contribution in [0.5, 0.6) is 0 Å². The molecule has 1 saturated carbocycles. The molecule has 136 valence electrons. The Bertz CT molecular complexity index is 862. The molecule has 0 bridgehead atoms. The zero-order chi connectivity index (χ0) is 18.6. The first-order valence-electron chi connectivity index (χ1n) is 7.69. The van der Waals surface area contributed by atoms with Crippen molar-refractivity contribution in [3.05, 3.63) is 11.9 Å². The van der Waals surface area contributed by atoms with Crippen LogP contribution in [0.4, 0.5) is 0 Å². The number of carboxylic acid groups (broad SMARTS) is 1. The predicted molar refractivity (Wildman–Crippen MR) is 81.3 cm³/mol. The van der Waals surface area contributed by atoms with Crippen LogP contribution in [0.1, 0.15) is 30.8 Å². The predicted octanol–water partition coefficient (Wildman–Crippen LogP) is -0.700. The summed E-state index contributed by atoms with van der Waals surface area (Å²) in [5.74, 6) is -4.92. The van der Waals surface area contributed by atoms with Crippen LogP contribution in [0.15, 0.2) is 6.20 Å². The van der Waals surface area contributed by atoms with Crippen LogP contribution >= 0.6 is 0 Å². The number of hydrogen-bond acceptors (Lipinski definition) is 8. The fourth-order valence-electron chi connectivity index (χ4n) is 3.75. The number of rotatable bonds is 5. The van der Waals surface area contributed by atoms with Crippen LogP contribution in [0.2, 0.25) is 0 Å². The summed E-state index contributed by atoms with van der Waals surface area (Å²) in [6.07, 6.45) is 0.951. The third kappa shape index (κ3) is 2.29. The second-order valence-corrected chi connectivity index (χ2v) is 9.03. The Balaban J connectivity index is 2.03. The molecule has 2 fully saturated rings. The summed E-state index contributed by atoms with van der Waals surface area (Å²) in [6.45, 7) is 2.60. The number of esters is 1. The van der Waals surface area contributed by atoms with Gasteiger partial charge in [0.25, 0.3) is 0 Å². The molecule has 1 saturated heterocycles. The minimum atomic E-state index is -3.93. The topological polar surface area (TPSA) is 146 Å². The van der Waals surface area contributed by atoms with Crippen LogP contribution in [0, 0.1) is 11.8 Å². The fraction of sp³-hybridized carbons (Fsp3) is 0.643. The van der Waals surface area contributed by atoms with Crippen LogP contribution in [-0.2, 0) is 30.7 Å². The van der Waals surface area contributed by atoms with E-state index in [1.807, 2.05) is 0 Å². The number of ketones is 1. The number of carboxylic acids is 1. The van der Waals surface area contributed by atoms with Gasteiger partial charge in [-0.25, -0.2) is 17.9 Å². The molecule has 11 heteroatoms. The summed E-state index contributed by atoms with van der Waals surface area (Å²) in [4.78, 5) is 35.5. The van der Waals surface area contributed by atoms with Gasteiger partial charge in [0.1, 0.15) is 10.5 Å². The number of Topliss-reactive ketones (excluding diaryl/α,β-unsaturated/α-hetero) is 1. The first-order chi connectivity index (χ1) is 11.6. The number of aliphatic carboxylic acids is 1. The molecule has 1 aliphatic heterocycles. The number of carbonyl (C=O) groups excluding carboxylic acids is 2. The van der Waals surface area contributed by atoms with Crippen molar-refractivity contribution in [2.24, 2.45) is 11.8 Å². The van der Waals surface area contributed by atoms with Gasteiger partial charge in [-0.15, -0.1) is 5.10 Å². The Morgan fingerprint density at radius 1 is 1.48 bits per heavy atom. The van der Waals surface area contributed by atoms with E-state index in [0.29, 0.717) is 0 Å². The molecule has 3 rings (SSSR count). The summed E-state index contributed by atoms with van der Waals surface area (Å²) < 4.78 is 29.9. The van der Waals surface area contributed by atoms with Gasteiger partial charge in [-0.05, 0) is 13.8 Å². The minimum absolute atomic E-state index is 0.0759. The first kappa shape index (κ1) is 17.5. The molecule has 2 unspecified atom stereocenters. The van der Waals surface area contributed by atoms with Crippen molar-refractivity contribution in [1.29, 1.82) is 0 Å². The lowest BCUT2D eigenvalue weighted by molar-refractivity contribution is -0.150. The quantitative estimate of drug-likeness (QED) is 0.664. The Morgan fingerprint density at radius 3 is 2.72 bits per heavy atom. The van der Waals surface area contributed by atoms with Crippen LogP contribution in [0.3, 0.4) is 0 Å². The third-order valence-corrected chi connectivity index (χ3v) is 8.01. The van der Waals surface area contributed by atoms with E-state index >= 15 is 0 Å². The molecule has 4 atom stereocenters. The fourth-order valence-corrected chi connectivity index (χ4v) is 6.43. The minimum Gasteiger partial charge on any atom is -0.481 e. The molecule has 1 aromatic rings. The molecule has 25 heavy (non-hydrogen) atoms. The van der Waals surface area contributed by atoms with Gasteiger partial charge in [-0.1, -0.05) is 5.21 Å². The molecule has 1 aliphatic carbocycles. The zero-order valence-electron chi connectivity index (χ0n) is 13.6. The maximum atomic E-state index is 12.9. The monoisotopic (exact) mass is 371 g/mol. The van der Waals surface area contributed by atoms with Gasteiger partial charge in [0.2, 0.25) is 0 Å². The maximum absolute atomic E-state index is 12.9. The SMILES string of the molecule is CCOC(=O)c1cnnn1C[C@@]1(C)[C@H](C(=O)O)C2C(=O)CC2S1(=O)=O. The molecule has 0 amide bonds. The molecule has 10 nitrogen and oxygen atoms in total. The van der Waals surface area contributed by atoms with E-state index in [4.69, 9.17) is 4.74 Å². The van der Waals surface area contributed by atoms with Crippen LogP contribution < -0.4 is 0 Å². The number of fused-ring (bicyclic) bond motifs is 1. The summed E-state index contributed by atoms with van der Waals surface area (Å²) >= 11 is 0. The van der Waals surface area contributed by atoms with Crippen molar-refractivity contribution in [1.82, 2.24) is 15.0 Å².